The SMILES string of the molecule is CCOC(=O)c1cc(N)ccc1OCCCOC. The van der Waals surface area contributed by atoms with Crippen molar-refractivity contribution in [1.82, 2.24) is 0 Å². The Labute approximate surface area is 107 Å². The first kappa shape index (κ1) is 14.3. The Kier molecular flexibility index (Phi) is 6.00. The molecule has 100 valence electrons. The Balaban J connectivity index is 2.73. The van der Waals surface area contributed by atoms with Crippen LogP contribution >= 0.6 is 0 Å². The van der Waals surface area contributed by atoms with E-state index < -0.39 is 5.97 Å². The van der Waals surface area contributed by atoms with Crippen molar-refractivity contribution in [3.63, 3.8) is 0 Å². The predicted octanol–water partition coefficient (Wildman–Crippen LogP) is 1.86. The lowest BCUT2D eigenvalue weighted by atomic mass is 10.2. The maximum absolute atomic E-state index is 11.7. The molecule has 0 aromatic heterocycles. The van der Waals surface area contributed by atoms with E-state index in [1.165, 1.54) is 0 Å². The van der Waals surface area contributed by atoms with E-state index in [0.717, 1.165) is 6.42 Å². The van der Waals surface area contributed by atoms with Gasteiger partial charge in [0.25, 0.3) is 0 Å². The van der Waals surface area contributed by atoms with Gasteiger partial charge >= 0.3 is 5.97 Å². The van der Waals surface area contributed by atoms with E-state index in [-0.39, 0.29) is 0 Å². The highest BCUT2D eigenvalue weighted by molar-refractivity contribution is 5.93. The summed E-state index contributed by atoms with van der Waals surface area (Å²) in [6.07, 6.45) is 0.753. The van der Waals surface area contributed by atoms with Gasteiger partial charge in [-0.1, -0.05) is 0 Å². The molecule has 0 aliphatic heterocycles. The van der Waals surface area contributed by atoms with Crippen molar-refractivity contribution in [2.24, 2.45) is 0 Å². The number of esters is 1. The zero-order valence-corrected chi connectivity index (χ0v) is 10.8. The Morgan fingerprint density at radius 3 is 2.78 bits per heavy atom. The summed E-state index contributed by atoms with van der Waals surface area (Å²) in [5.74, 6) is 0.0605. The number of rotatable bonds is 7. The molecule has 0 spiro atoms. The van der Waals surface area contributed by atoms with Crippen LogP contribution in [0.5, 0.6) is 5.75 Å². The molecule has 0 radical (unpaired) electrons. The third-order valence-corrected chi connectivity index (χ3v) is 2.25. The average Bonchev–Trinajstić information content (AvgIpc) is 2.36. The summed E-state index contributed by atoms with van der Waals surface area (Å²) in [7, 11) is 1.63. The van der Waals surface area contributed by atoms with Gasteiger partial charge in [0.15, 0.2) is 0 Å². The number of ether oxygens (including phenoxy) is 3. The maximum Gasteiger partial charge on any atom is 0.341 e. The molecule has 0 aliphatic carbocycles. The molecular weight excluding hydrogens is 234 g/mol. The van der Waals surface area contributed by atoms with Gasteiger partial charge in [-0.25, -0.2) is 4.79 Å². The molecule has 5 nitrogen and oxygen atoms in total. The fourth-order valence-electron chi connectivity index (χ4n) is 1.43. The highest BCUT2D eigenvalue weighted by Crippen LogP contribution is 2.22. The highest BCUT2D eigenvalue weighted by atomic mass is 16.5. The molecule has 18 heavy (non-hydrogen) atoms. The van der Waals surface area contributed by atoms with Crippen molar-refractivity contribution in [2.45, 2.75) is 13.3 Å². The molecule has 1 aromatic rings. The van der Waals surface area contributed by atoms with Crippen molar-refractivity contribution >= 4 is 11.7 Å². The molecule has 0 bridgehead atoms. The van der Waals surface area contributed by atoms with Gasteiger partial charge in [0, 0.05) is 25.8 Å². The number of hydrogen-bond acceptors (Lipinski definition) is 5. The molecule has 5 heteroatoms. The Morgan fingerprint density at radius 2 is 2.11 bits per heavy atom. The Hall–Kier alpha value is -1.75. The van der Waals surface area contributed by atoms with Crippen LogP contribution in [-0.2, 0) is 9.47 Å². The number of anilines is 1. The molecule has 1 rings (SSSR count). The van der Waals surface area contributed by atoms with Gasteiger partial charge < -0.3 is 19.9 Å². The van der Waals surface area contributed by atoms with Gasteiger partial charge in [0.2, 0.25) is 0 Å². The van der Waals surface area contributed by atoms with E-state index in [0.29, 0.717) is 36.8 Å². The Morgan fingerprint density at radius 1 is 1.33 bits per heavy atom. The summed E-state index contributed by atoms with van der Waals surface area (Å²) in [6, 6.07) is 4.92. The molecule has 0 saturated carbocycles. The van der Waals surface area contributed by atoms with Gasteiger partial charge in [-0.2, -0.15) is 0 Å². The van der Waals surface area contributed by atoms with Gasteiger partial charge in [0.1, 0.15) is 11.3 Å². The average molecular weight is 253 g/mol. The largest absolute Gasteiger partial charge is 0.493 e. The fraction of sp³-hybridized carbons (Fsp3) is 0.462. The van der Waals surface area contributed by atoms with Crippen LogP contribution in [0.3, 0.4) is 0 Å². The molecule has 0 atom stereocenters. The van der Waals surface area contributed by atoms with Crippen LogP contribution in [0.1, 0.15) is 23.7 Å². The zero-order chi connectivity index (χ0) is 13.4. The van der Waals surface area contributed by atoms with Crippen molar-refractivity contribution in [1.29, 1.82) is 0 Å². The molecule has 0 heterocycles. The molecule has 0 aliphatic rings. The van der Waals surface area contributed by atoms with E-state index in [2.05, 4.69) is 0 Å². The van der Waals surface area contributed by atoms with E-state index in [9.17, 15) is 4.79 Å². The fourth-order valence-corrected chi connectivity index (χ4v) is 1.43. The summed E-state index contributed by atoms with van der Waals surface area (Å²) >= 11 is 0. The second-order valence-corrected chi connectivity index (χ2v) is 3.67. The molecule has 2 N–H and O–H groups in total. The summed E-state index contributed by atoms with van der Waals surface area (Å²) in [6.45, 7) is 3.16. The van der Waals surface area contributed by atoms with Crippen LogP contribution in [0.15, 0.2) is 18.2 Å². The minimum Gasteiger partial charge on any atom is -0.493 e. The van der Waals surface area contributed by atoms with E-state index in [4.69, 9.17) is 19.9 Å². The van der Waals surface area contributed by atoms with Crippen LogP contribution in [0.2, 0.25) is 0 Å². The molecule has 1 aromatic carbocycles. The second kappa shape index (κ2) is 7.55. The maximum atomic E-state index is 11.7. The minimum absolute atomic E-state index is 0.316. The molecule has 0 fully saturated rings. The normalized spacial score (nSPS) is 10.1. The number of nitrogen functional groups attached to an aromatic ring is 1. The quantitative estimate of drug-likeness (QED) is 0.456. The number of carbonyl (C=O) groups excluding carboxylic acids is 1. The first-order chi connectivity index (χ1) is 8.69. The lowest BCUT2D eigenvalue weighted by molar-refractivity contribution is 0.0521. The molecule has 0 amide bonds. The number of hydrogen-bond donors (Lipinski definition) is 1. The minimum atomic E-state index is -0.424. The molecular formula is C13H19NO4. The number of benzene rings is 1. The lowest BCUT2D eigenvalue weighted by Gasteiger charge is -2.11. The summed E-state index contributed by atoms with van der Waals surface area (Å²) in [5, 5.41) is 0. The first-order valence-electron chi connectivity index (χ1n) is 5.87. The predicted molar refractivity (Wildman–Crippen MR) is 68.8 cm³/mol. The molecule has 0 unspecified atom stereocenters. The van der Waals surface area contributed by atoms with Gasteiger partial charge in [0.05, 0.1) is 13.2 Å². The van der Waals surface area contributed by atoms with Gasteiger partial charge in [-0.05, 0) is 25.1 Å². The van der Waals surface area contributed by atoms with Crippen molar-refractivity contribution < 1.29 is 19.0 Å². The van der Waals surface area contributed by atoms with Gasteiger partial charge in [-0.15, -0.1) is 0 Å². The standard InChI is InChI=1S/C13H19NO4/c1-3-17-13(15)11-9-10(14)5-6-12(11)18-8-4-7-16-2/h5-6,9H,3-4,7-8,14H2,1-2H3. The van der Waals surface area contributed by atoms with E-state index in [1.54, 1.807) is 32.2 Å². The van der Waals surface area contributed by atoms with E-state index >= 15 is 0 Å². The van der Waals surface area contributed by atoms with Crippen LogP contribution in [-0.4, -0.2) is 32.9 Å². The molecule has 0 saturated heterocycles. The summed E-state index contributed by atoms with van der Waals surface area (Å²) in [5.41, 5.74) is 6.51. The summed E-state index contributed by atoms with van der Waals surface area (Å²) < 4.78 is 15.4. The van der Waals surface area contributed by atoms with Crippen LogP contribution in [0.25, 0.3) is 0 Å². The van der Waals surface area contributed by atoms with Crippen molar-refractivity contribution in [2.75, 3.05) is 32.7 Å². The van der Waals surface area contributed by atoms with Gasteiger partial charge in [-0.3, -0.25) is 0 Å². The smallest absolute Gasteiger partial charge is 0.341 e. The lowest BCUT2D eigenvalue weighted by Crippen LogP contribution is -2.10. The number of methoxy groups -OCH3 is 1. The summed E-state index contributed by atoms with van der Waals surface area (Å²) in [4.78, 5) is 11.7. The van der Waals surface area contributed by atoms with E-state index in [1.807, 2.05) is 0 Å². The topological polar surface area (TPSA) is 70.8 Å². The monoisotopic (exact) mass is 253 g/mol. The number of nitrogens with two attached hydrogens (primary N) is 1. The van der Waals surface area contributed by atoms with Crippen molar-refractivity contribution in [3.05, 3.63) is 23.8 Å². The first-order valence-corrected chi connectivity index (χ1v) is 5.87. The highest BCUT2D eigenvalue weighted by Gasteiger charge is 2.14. The third kappa shape index (κ3) is 4.25. The zero-order valence-electron chi connectivity index (χ0n) is 10.8. The second-order valence-electron chi connectivity index (χ2n) is 3.67. The number of carbonyl (C=O) groups is 1. The third-order valence-electron chi connectivity index (χ3n) is 2.25. The van der Waals surface area contributed by atoms with Crippen LogP contribution in [0, 0.1) is 0 Å². The van der Waals surface area contributed by atoms with Crippen molar-refractivity contribution in [3.8, 4) is 5.75 Å². The Bertz CT molecular complexity index is 393. The van der Waals surface area contributed by atoms with Crippen LogP contribution in [0.4, 0.5) is 5.69 Å². The van der Waals surface area contributed by atoms with Crippen LogP contribution < -0.4 is 10.5 Å².